The third-order valence-electron chi connectivity index (χ3n) is 7.62. The molecule has 3 rings (SSSR count). The number of allylic oxidation sites excluding steroid dienone is 1. The summed E-state index contributed by atoms with van der Waals surface area (Å²) in [4.78, 5) is 16.0. The van der Waals surface area contributed by atoms with Crippen LogP contribution in [0.1, 0.15) is 76.0 Å². The highest BCUT2D eigenvalue weighted by atomic mass is 35.5. The normalized spacial score (nSPS) is 25.0. The van der Waals surface area contributed by atoms with Crippen LogP contribution < -0.4 is 0 Å². The van der Waals surface area contributed by atoms with Gasteiger partial charge in [-0.2, -0.15) is 13.2 Å². The molecule has 2 unspecified atom stereocenters. The van der Waals surface area contributed by atoms with Crippen molar-refractivity contribution in [3.05, 3.63) is 82.4 Å². The maximum absolute atomic E-state index is 14.2. The number of amides is 1. The van der Waals surface area contributed by atoms with E-state index < -0.39 is 35.7 Å². The lowest BCUT2D eigenvalue weighted by Crippen LogP contribution is -2.56. The molecule has 1 aliphatic rings. The van der Waals surface area contributed by atoms with Gasteiger partial charge in [0.05, 0.1) is 11.5 Å². The van der Waals surface area contributed by atoms with Crippen molar-refractivity contribution >= 4 is 29.1 Å². The first-order valence-electron chi connectivity index (χ1n) is 12.5. The van der Waals surface area contributed by atoms with E-state index in [-0.39, 0.29) is 18.2 Å². The van der Waals surface area contributed by atoms with Crippen LogP contribution in [0.2, 0.25) is 10.0 Å². The summed E-state index contributed by atoms with van der Waals surface area (Å²) in [7, 11) is 0. The second-order valence-electron chi connectivity index (χ2n) is 10.5. The quantitative estimate of drug-likeness (QED) is 0.315. The maximum Gasteiger partial charge on any atom is 0.416 e. The number of piperidine rings is 1. The van der Waals surface area contributed by atoms with E-state index in [9.17, 15) is 23.1 Å². The van der Waals surface area contributed by atoms with Crippen LogP contribution in [0.15, 0.2) is 61.2 Å². The highest BCUT2D eigenvalue weighted by molar-refractivity contribution is 6.30. The second kappa shape index (κ2) is 11.4. The first-order chi connectivity index (χ1) is 17.2. The van der Waals surface area contributed by atoms with Crippen LogP contribution in [0, 0.1) is 5.41 Å². The molecule has 0 radical (unpaired) electrons. The fourth-order valence-corrected chi connectivity index (χ4v) is 5.74. The molecule has 1 saturated heterocycles. The summed E-state index contributed by atoms with van der Waals surface area (Å²) in [6.07, 6.45) is -2.23. The number of alkyl halides is 3. The van der Waals surface area contributed by atoms with Crippen molar-refractivity contribution in [2.24, 2.45) is 5.41 Å². The number of carbonyl (C=O) groups is 1. The maximum atomic E-state index is 14.2. The summed E-state index contributed by atoms with van der Waals surface area (Å²) in [5.74, 6) is -0.316. The number of rotatable bonds is 9. The van der Waals surface area contributed by atoms with Gasteiger partial charge in [0, 0.05) is 22.0 Å². The van der Waals surface area contributed by atoms with Gasteiger partial charge in [-0.3, -0.25) is 4.79 Å². The van der Waals surface area contributed by atoms with Crippen LogP contribution in [0.4, 0.5) is 13.2 Å². The molecule has 0 aromatic heterocycles. The van der Waals surface area contributed by atoms with E-state index >= 15 is 0 Å². The molecule has 8 heteroatoms. The molecule has 0 saturated carbocycles. The SMILES string of the molecule is C=CC[C@@]1(C)CC(c2cccc(Cl)c2)C(c2ccc(Cl)cc2)N([C@@H](CC)CC[C@@](C)(O)C(F)(F)F)C1=O. The predicted molar refractivity (Wildman–Crippen MR) is 143 cm³/mol. The fourth-order valence-electron chi connectivity index (χ4n) is 5.42. The van der Waals surface area contributed by atoms with Crippen molar-refractivity contribution in [1.29, 1.82) is 0 Å². The largest absolute Gasteiger partial charge is 0.416 e. The predicted octanol–water partition coefficient (Wildman–Crippen LogP) is 8.51. The minimum absolute atomic E-state index is 0.00866. The van der Waals surface area contributed by atoms with Crippen molar-refractivity contribution in [1.82, 2.24) is 4.90 Å². The summed E-state index contributed by atoms with van der Waals surface area (Å²) in [5.41, 5.74) is -1.88. The molecular formula is C29H34Cl2F3NO2. The van der Waals surface area contributed by atoms with E-state index in [1.165, 1.54) is 0 Å². The molecule has 1 fully saturated rings. The van der Waals surface area contributed by atoms with Crippen LogP contribution >= 0.6 is 23.2 Å². The number of halogens is 5. The first-order valence-corrected chi connectivity index (χ1v) is 13.2. The van der Waals surface area contributed by atoms with Gasteiger partial charge < -0.3 is 10.0 Å². The molecule has 1 heterocycles. The lowest BCUT2D eigenvalue weighted by atomic mass is 9.67. The lowest BCUT2D eigenvalue weighted by Gasteiger charge is -2.52. The zero-order chi connectivity index (χ0) is 27.6. The fraction of sp³-hybridized carbons (Fsp3) is 0.483. The Hall–Kier alpha value is -2.02. The molecule has 0 aliphatic carbocycles. The van der Waals surface area contributed by atoms with Crippen LogP contribution in [0.5, 0.6) is 0 Å². The Kier molecular flexibility index (Phi) is 9.09. The Balaban J connectivity index is 2.16. The molecule has 2 aromatic carbocycles. The Bertz CT molecular complexity index is 1100. The van der Waals surface area contributed by atoms with Crippen molar-refractivity contribution in [2.45, 2.75) is 82.7 Å². The molecular weight excluding hydrogens is 522 g/mol. The molecule has 37 heavy (non-hydrogen) atoms. The molecule has 1 aliphatic heterocycles. The van der Waals surface area contributed by atoms with Crippen molar-refractivity contribution in [3.8, 4) is 0 Å². The topological polar surface area (TPSA) is 40.5 Å². The molecule has 2 aromatic rings. The number of nitrogens with zero attached hydrogens (tertiary/aromatic N) is 1. The van der Waals surface area contributed by atoms with Gasteiger partial charge in [-0.05, 0) is 74.4 Å². The van der Waals surface area contributed by atoms with Crippen LogP contribution in [-0.2, 0) is 4.79 Å². The standard InChI is InChI=1S/C29H34Cl2F3NO2/c1-5-15-27(3)18-24(20-8-7-9-22(31)17-20)25(19-10-12-21(30)13-11-19)35(26(27)36)23(6-2)14-16-28(4,37)29(32,33)34/h5,7-13,17,23-25,37H,1,6,14-16,18H2,2-4H3/t23-,24?,25?,27-,28+/m0/s1. The van der Waals surface area contributed by atoms with E-state index in [1.54, 1.807) is 29.2 Å². The Morgan fingerprint density at radius 2 is 1.81 bits per heavy atom. The van der Waals surface area contributed by atoms with Gasteiger partial charge >= 0.3 is 6.18 Å². The number of likely N-dealkylation sites (tertiary alicyclic amines) is 1. The highest BCUT2D eigenvalue weighted by Crippen LogP contribution is 2.53. The van der Waals surface area contributed by atoms with Gasteiger partial charge in [0.15, 0.2) is 5.60 Å². The van der Waals surface area contributed by atoms with Gasteiger partial charge in [-0.1, -0.05) is 67.4 Å². The average Bonchev–Trinajstić information content (AvgIpc) is 2.82. The smallest absolute Gasteiger partial charge is 0.381 e. The Labute approximate surface area is 227 Å². The van der Waals surface area contributed by atoms with Gasteiger partial charge in [-0.15, -0.1) is 6.58 Å². The van der Waals surface area contributed by atoms with Gasteiger partial charge in [0.25, 0.3) is 0 Å². The molecule has 0 spiro atoms. The molecule has 1 N–H and O–H groups in total. The summed E-state index contributed by atoms with van der Waals surface area (Å²) < 4.78 is 40.4. The van der Waals surface area contributed by atoms with Gasteiger partial charge in [0.1, 0.15) is 0 Å². The average molecular weight is 556 g/mol. The highest BCUT2D eigenvalue weighted by Gasteiger charge is 2.53. The van der Waals surface area contributed by atoms with E-state index in [4.69, 9.17) is 23.2 Å². The Morgan fingerprint density at radius 1 is 1.16 bits per heavy atom. The number of hydrogen-bond acceptors (Lipinski definition) is 2. The van der Waals surface area contributed by atoms with E-state index in [2.05, 4.69) is 6.58 Å². The van der Waals surface area contributed by atoms with Crippen molar-refractivity contribution in [3.63, 3.8) is 0 Å². The zero-order valence-electron chi connectivity index (χ0n) is 21.4. The summed E-state index contributed by atoms with van der Waals surface area (Å²) in [5, 5.41) is 11.3. The van der Waals surface area contributed by atoms with E-state index in [0.29, 0.717) is 29.3 Å². The molecule has 1 amide bonds. The summed E-state index contributed by atoms with van der Waals surface area (Å²) in [6.45, 7) is 8.38. The van der Waals surface area contributed by atoms with Crippen LogP contribution in [-0.4, -0.2) is 33.7 Å². The first kappa shape index (κ1) is 29.5. The molecule has 5 atom stereocenters. The molecule has 0 bridgehead atoms. The minimum Gasteiger partial charge on any atom is -0.381 e. The van der Waals surface area contributed by atoms with E-state index in [1.807, 2.05) is 44.2 Å². The van der Waals surface area contributed by atoms with Gasteiger partial charge in [0.2, 0.25) is 5.91 Å². The Morgan fingerprint density at radius 3 is 2.35 bits per heavy atom. The van der Waals surface area contributed by atoms with Crippen LogP contribution in [0.3, 0.4) is 0 Å². The molecule has 202 valence electrons. The second-order valence-corrected chi connectivity index (χ2v) is 11.4. The van der Waals surface area contributed by atoms with Crippen LogP contribution in [0.25, 0.3) is 0 Å². The third-order valence-corrected chi connectivity index (χ3v) is 8.11. The number of carbonyl (C=O) groups excluding carboxylic acids is 1. The third kappa shape index (κ3) is 6.35. The number of benzene rings is 2. The van der Waals surface area contributed by atoms with Gasteiger partial charge in [-0.25, -0.2) is 0 Å². The lowest BCUT2D eigenvalue weighted by molar-refractivity contribution is -0.256. The minimum atomic E-state index is -4.77. The molecule has 3 nitrogen and oxygen atoms in total. The monoisotopic (exact) mass is 555 g/mol. The summed E-state index contributed by atoms with van der Waals surface area (Å²) in [6, 6.07) is 13.7. The number of hydrogen-bond donors (Lipinski definition) is 1. The van der Waals surface area contributed by atoms with Crippen molar-refractivity contribution in [2.75, 3.05) is 0 Å². The van der Waals surface area contributed by atoms with E-state index in [0.717, 1.165) is 18.1 Å². The zero-order valence-corrected chi connectivity index (χ0v) is 22.9. The summed E-state index contributed by atoms with van der Waals surface area (Å²) >= 11 is 12.5. The van der Waals surface area contributed by atoms with Crippen molar-refractivity contribution < 1.29 is 23.1 Å². The number of aliphatic hydroxyl groups is 1.